The molecule has 1 aliphatic rings. The molecule has 2 unspecified atom stereocenters. The van der Waals surface area contributed by atoms with Crippen LogP contribution in [-0.4, -0.2) is 58.7 Å². The van der Waals surface area contributed by atoms with Crippen molar-refractivity contribution in [1.82, 2.24) is 10.1 Å². The van der Waals surface area contributed by atoms with E-state index in [1.54, 1.807) is 19.9 Å². The molecule has 1 fully saturated rings. The number of ether oxygens (including phenoxy) is 1. The summed E-state index contributed by atoms with van der Waals surface area (Å²) in [4.78, 5) is 26.1. The predicted molar refractivity (Wildman–Crippen MR) is 88.4 cm³/mol. The summed E-state index contributed by atoms with van der Waals surface area (Å²) in [6.07, 6.45) is 1.01. The monoisotopic (exact) mass is 341 g/mol. The summed E-state index contributed by atoms with van der Waals surface area (Å²) in [5.41, 5.74) is 0. The lowest BCUT2D eigenvalue weighted by Gasteiger charge is -2.32. The maximum Gasteiger partial charge on any atom is 0.238 e. The van der Waals surface area contributed by atoms with Crippen LogP contribution in [-0.2, 0) is 14.3 Å². The second-order valence-corrected chi connectivity index (χ2v) is 6.84. The molecule has 2 amide bonds. The number of nitrogens with one attached hydrogen (secondary N) is 1. The van der Waals surface area contributed by atoms with Crippen LogP contribution in [0.25, 0.3) is 0 Å². The van der Waals surface area contributed by atoms with Crippen LogP contribution in [0.4, 0.5) is 5.82 Å². The van der Waals surface area contributed by atoms with Crippen molar-refractivity contribution in [3.05, 3.63) is 11.8 Å². The Balaban J connectivity index is 1.75. The number of amides is 2. The van der Waals surface area contributed by atoms with E-state index in [1.807, 2.05) is 11.8 Å². The Bertz CT molecular complexity index is 549. The summed E-state index contributed by atoms with van der Waals surface area (Å²) in [7, 11) is 0. The van der Waals surface area contributed by atoms with Crippen LogP contribution in [0.3, 0.4) is 0 Å². The molecule has 2 heterocycles. The van der Waals surface area contributed by atoms with E-state index in [-0.39, 0.29) is 28.9 Å². The lowest BCUT2D eigenvalue weighted by Crippen LogP contribution is -2.46. The van der Waals surface area contributed by atoms with Crippen molar-refractivity contribution in [2.75, 3.05) is 30.8 Å². The van der Waals surface area contributed by atoms with E-state index in [0.717, 1.165) is 6.42 Å². The summed E-state index contributed by atoms with van der Waals surface area (Å²) in [5, 5.41) is 6.04. The fourth-order valence-corrected chi connectivity index (χ4v) is 2.99. The molecular formula is C15H23N3O4S. The average Bonchev–Trinajstić information content (AvgIpc) is 2.97. The molecule has 128 valence electrons. The van der Waals surface area contributed by atoms with Gasteiger partial charge in [-0.1, -0.05) is 12.1 Å². The van der Waals surface area contributed by atoms with Crippen molar-refractivity contribution in [3.8, 4) is 0 Å². The Morgan fingerprint density at radius 3 is 3.00 bits per heavy atom. The Kier molecular flexibility index (Phi) is 6.47. The van der Waals surface area contributed by atoms with Crippen molar-refractivity contribution >= 4 is 29.4 Å². The van der Waals surface area contributed by atoms with Gasteiger partial charge in [-0.3, -0.25) is 9.59 Å². The van der Waals surface area contributed by atoms with Crippen molar-refractivity contribution in [1.29, 1.82) is 0 Å². The third-order valence-electron chi connectivity index (χ3n) is 3.65. The van der Waals surface area contributed by atoms with Crippen LogP contribution in [0, 0.1) is 6.92 Å². The molecule has 23 heavy (non-hydrogen) atoms. The van der Waals surface area contributed by atoms with Crippen LogP contribution < -0.4 is 5.32 Å². The molecule has 8 heteroatoms. The summed E-state index contributed by atoms with van der Waals surface area (Å²) in [5.74, 6) is 1.17. The van der Waals surface area contributed by atoms with Crippen molar-refractivity contribution in [3.63, 3.8) is 0 Å². The SMILES string of the molecule is CCC1CN(C(=O)CSC(C)C(=O)Nc2cc(C)on2)CCO1. The zero-order chi connectivity index (χ0) is 16.8. The number of anilines is 1. The summed E-state index contributed by atoms with van der Waals surface area (Å²) >= 11 is 1.32. The lowest BCUT2D eigenvalue weighted by atomic mass is 10.2. The molecule has 1 aromatic rings. The van der Waals surface area contributed by atoms with Gasteiger partial charge in [0.2, 0.25) is 11.8 Å². The van der Waals surface area contributed by atoms with E-state index in [2.05, 4.69) is 10.5 Å². The number of carbonyl (C=O) groups is 2. The first kappa shape index (κ1) is 17.8. The maximum absolute atomic E-state index is 12.2. The fraction of sp³-hybridized carbons (Fsp3) is 0.667. The Hall–Kier alpha value is -1.54. The highest BCUT2D eigenvalue weighted by molar-refractivity contribution is 8.01. The van der Waals surface area contributed by atoms with Gasteiger partial charge in [0.25, 0.3) is 0 Å². The number of hydrogen-bond acceptors (Lipinski definition) is 6. The second-order valence-electron chi connectivity index (χ2n) is 5.51. The molecule has 0 spiro atoms. The van der Waals surface area contributed by atoms with Crippen molar-refractivity contribution < 1.29 is 18.8 Å². The number of rotatable bonds is 6. The number of hydrogen-bond donors (Lipinski definition) is 1. The average molecular weight is 341 g/mol. The summed E-state index contributed by atoms with van der Waals surface area (Å²) in [6.45, 7) is 7.41. The zero-order valence-corrected chi connectivity index (χ0v) is 14.5. The molecule has 0 bridgehead atoms. The van der Waals surface area contributed by atoms with Crippen LogP contribution in [0.2, 0.25) is 0 Å². The Labute approximate surface area is 140 Å². The van der Waals surface area contributed by atoms with Gasteiger partial charge in [0.1, 0.15) is 5.76 Å². The van der Waals surface area contributed by atoms with E-state index in [9.17, 15) is 9.59 Å². The van der Waals surface area contributed by atoms with E-state index in [1.165, 1.54) is 11.8 Å². The molecular weight excluding hydrogens is 318 g/mol. The molecule has 1 aliphatic heterocycles. The largest absolute Gasteiger partial charge is 0.375 e. The molecule has 0 aromatic carbocycles. The molecule has 1 N–H and O–H groups in total. The van der Waals surface area contributed by atoms with Gasteiger partial charge in [-0.05, 0) is 20.3 Å². The summed E-state index contributed by atoms with van der Waals surface area (Å²) in [6, 6.07) is 1.65. The third kappa shape index (κ3) is 5.24. The highest BCUT2D eigenvalue weighted by Gasteiger charge is 2.24. The molecule has 1 saturated heterocycles. The molecule has 0 radical (unpaired) electrons. The number of morpholine rings is 1. The van der Waals surface area contributed by atoms with Crippen LogP contribution in [0.15, 0.2) is 10.6 Å². The van der Waals surface area contributed by atoms with E-state index in [4.69, 9.17) is 9.26 Å². The lowest BCUT2D eigenvalue weighted by molar-refractivity contribution is -0.135. The quantitative estimate of drug-likeness (QED) is 0.847. The second kappa shape index (κ2) is 8.35. The minimum atomic E-state index is -0.348. The highest BCUT2D eigenvalue weighted by Crippen LogP contribution is 2.16. The van der Waals surface area contributed by atoms with Crippen molar-refractivity contribution in [2.24, 2.45) is 0 Å². The van der Waals surface area contributed by atoms with Gasteiger partial charge in [0.15, 0.2) is 5.82 Å². The molecule has 2 atom stereocenters. The van der Waals surface area contributed by atoms with Gasteiger partial charge in [0, 0.05) is 19.2 Å². The van der Waals surface area contributed by atoms with Gasteiger partial charge in [0.05, 0.1) is 23.7 Å². The molecule has 7 nitrogen and oxygen atoms in total. The zero-order valence-electron chi connectivity index (χ0n) is 13.7. The number of aryl methyl sites for hydroxylation is 1. The first-order valence-electron chi connectivity index (χ1n) is 7.74. The normalized spacial score (nSPS) is 19.4. The molecule has 0 saturated carbocycles. The van der Waals surface area contributed by atoms with Gasteiger partial charge in [-0.15, -0.1) is 11.8 Å². The van der Waals surface area contributed by atoms with Gasteiger partial charge >= 0.3 is 0 Å². The van der Waals surface area contributed by atoms with Crippen molar-refractivity contribution in [2.45, 2.75) is 38.5 Å². The predicted octanol–water partition coefficient (Wildman–Crippen LogP) is 1.68. The number of aromatic nitrogens is 1. The molecule has 0 aliphatic carbocycles. The first-order valence-corrected chi connectivity index (χ1v) is 8.79. The number of thioether (sulfide) groups is 1. The first-order chi connectivity index (χ1) is 11.0. The van der Waals surface area contributed by atoms with E-state index < -0.39 is 0 Å². The third-order valence-corrected chi connectivity index (χ3v) is 4.78. The van der Waals surface area contributed by atoms with Crippen LogP contribution >= 0.6 is 11.8 Å². The smallest absolute Gasteiger partial charge is 0.238 e. The van der Waals surface area contributed by atoms with Gasteiger partial charge in [-0.2, -0.15) is 0 Å². The maximum atomic E-state index is 12.2. The standard InChI is InChI=1S/C15H23N3O4S/c1-4-12-8-18(5-6-21-12)14(19)9-23-11(3)15(20)16-13-7-10(2)22-17-13/h7,11-12H,4-6,8-9H2,1-3H3,(H,16,17,20). The molecule has 1 aromatic heterocycles. The number of carbonyl (C=O) groups excluding carboxylic acids is 2. The molecule has 2 rings (SSSR count). The van der Waals surface area contributed by atoms with Gasteiger partial charge < -0.3 is 19.5 Å². The summed E-state index contributed by atoms with van der Waals surface area (Å²) < 4.78 is 10.5. The fourth-order valence-electron chi connectivity index (χ4n) is 2.21. The van der Waals surface area contributed by atoms with Crippen LogP contribution in [0.1, 0.15) is 26.0 Å². The van der Waals surface area contributed by atoms with E-state index >= 15 is 0 Å². The Morgan fingerprint density at radius 2 is 2.35 bits per heavy atom. The highest BCUT2D eigenvalue weighted by atomic mass is 32.2. The Morgan fingerprint density at radius 1 is 1.57 bits per heavy atom. The number of nitrogens with zero attached hydrogens (tertiary/aromatic N) is 2. The van der Waals surface area contributed by atoms with Gasteiger partial charge in [-0.25, -0.2) is 0 Å². The topological polar surface area (TPSA) is 84.7 Å². The minimum absolute atomic E-state index is 0.0497. The minimum Gasteiger partial charge on any atom is -0.375 e. The van der Waals surface area contributed by atoms with Crippen LogP contribution in [0.5, 0.6) is 0 Å². The van der Waals surface area contributed by atoms with E-state index in [0.29, 0.717) is 31.3 Å².